The van der Waals surface area contributed by atoms with Crippen molar-refractivity contribution in [2.75, 3.05) is 11.9 Å². The number of hydrogen-bond acceptors (Lipinski definition) is 3. The topological polar surface area (TPSA) is 46.2 Å². The van der Waals surface area contributed by atoms with E-state index in [0.29, 0.717) is 17.8 Å². The van der Waals surface area contributed by atoms with Gasteiger partial charge < -0.3 is 5.32 Å². The molecular formula is C22H23NO2. The van der Waals surface area contributed by atoms with Gasteiger partial charge in [0.1, 0.15) is 0 Å². The maximum absolute atomic E-state index is 12.2. The summed E-state index contributed by atoms with van der Waals surface area (Å²) in [6, 6.07) is 14.2. The molecule has 3 aromatic carbocycles. The Morgan fingerprint density at radius 1 is 0.880 bits per heavy atom. The van der Waals surface area contributed by atoms with Crippen molar-refractivity contribution in [3.63, 3.8) is 0 Å². The molecule has 0 amide bonds. The highest BCUT2D eigenvalue weighted by Gasteiger charge is 2.24. The lowest BCUT2D eigenvalue weighted by Gasteiger charge is -2.19. The summed E-state index contributed by atoms with van der Waals surface area (Å²) in [7, 11) is 0. The van der Waals surface area contributed by atoms with E-state index >= 15 is 0 Å². The van der Waals surface area contributed by atoms with Gasteiger partial charge in [-0.25, -0.2) is 0 Å². The first-order chi connectivity index (χ1) is 11.9. The molecule has 25 heavy (non-hydrogen) atoms. The van der Waals surface area contributed by atoms with E-state index in [2.05, 4.69) is 37.4 Å². The molecule has 0 radical (unpaired) electrons. The molecule has 0 heterocycles. The average molecular weight is 333 g/mol. The van der Waals surface area contributed by atoms with Gasteiger partial charge in [0.05, 0.1) is 11.3 Å². The predicted molar refractivity (Wildman–Crippen MR) is 104 cm³/mol. The van der Waals surface area contributed by atoms with Gasteiger partial charge in [0.15, 0.2) is 0 Å². The molecule has 3 aromatic rings. The van der Waals surface area contributed by atoms with Crippen LogP contribution in [0.4, 0.5) is 5.69 Å². The van der Waals surface area contributed by atoms with Crippen LogP contribution in [0.5, 0.6) is 0 Å². The van der Waals surface area contributed by atoms with Gasteiger partial charge in [0.25, 0.3) is 0 Å². The van der Waals surface area contributed by atoms with Crippen LogP contribution in [0.15, 0.2) is 52.1 Å². The Labute approximate surface area is 148 Å². The van der Waals surface area contributed by atoms with E-state index < -0.39 is 5.43 Å². The van der Waals surface area contributed by atoms with Gasteiger partial charge in [-0.1, -0.05) is 49.4 Å². The summed E-state index contributed by atoms with van der Waals surface area (Å²) in [6.07, 6.45) is 0. The van der Waals surface area contributed by atoms with Gasteiger partial charge >= 0.3 is 0 Å². The Morgan fingerprint density at radius 2 is 1.52 bits per heavy atom. The second-order valence-corrected chi connectivity index (χ2v) is 6.85. The Morgan fingerprint density at radius 3 is 2.20 bits per heavy atom. The summed E-state index contributed by atoms with van der Waals surface area (Å²) >= 11 is 0. The molecular weight excluding hydrogens is 310 g/mol. The SMILES string of the molecule is Cc1cc(C)c(-c2c(NCC(C)c3ccccc3)c(=O)c2=O)cc1C. The van der Waals surface area contributed by atoms with Gasteiger partial charge in [-0.15, -0.1) is 0 Å². The Kier molecular flexibility index (Phi) is 4.58. The van der Waals surface area contributed by atoms with Crippen LogP contribution < -0.4 is 16.2 Å². The predicted octanol–water partition coefficient (Wildman–Crippen LogP) is 4.09. The highest BCUT2D eigenvalue weighted by Crippen LogP contribution is 2.29. The van der Waals surface area contributed by atoms with Gasteiger partial charge in [0, 0.05) is 6.54 Å². The number of rotatable bonds is 5. The summed E-state index contributed by atoms with van der Waals surface area (Å²) in [5.41, 5.74) is 5.60. The van der Waals surface area contributed by atoms with Crippen LogP contribution in [0.1, 0.15) is 35.1 Å². The minimum absolute atomic E-state index is 0.249. The van der Waals surface area contributed by atoms with E-state index in [9.17, 15) is 9.59 Å². The molecule has 3 rings (SSSR count). The van der Waals surface area contributed by atoms with Gasteiger partial charge in [-0.3, -0.25) is 9.59 Å². The number of aryl methyl sites for hydroxylation is 3. The standard InChI is InChI=1S/C22H23NO2/c1-13-10-15(3)18(11-14(13)2)19-20(22(25)21(19)24)23-12-16(4)17-8-6-5-7-9-17/h5-11,16,23H,12H2,1-4H3. The fourth-order valence-electron chi connectivity index (χ4n) is 3.20. The third kappa shape index (κ3) is 3.14. The summed E-state index contributed by atoms with van der Waals surface area (Å²) in [6.45, 7) is 8.78. The van der Waals surface area contributed by atoms with Crippen LogP contribution in [0.3, 0.4) is 0 Å². The monoisotopic (exact) mass is 333 g/mol. The fourth-order valence-corrected chi connectivity index (χ4v) is 3.20. The Bertz CT molecular complexity index is 979. The van der Waals surface area contributed by atoms with Crippen LogP contribution in [0, 0.1) is 20.8 Å². The highest BCUT2D eigenvalue weighted by molar-refractivity contribution is 5.84. The second-order valence-electron chi connectivity index (χ2n) is 6.85. The lowest BCUT2D eigenvalue weighted by molar-refractivity contribution is 0.803. The van der Waals surface area contributed by atoms with E-state index in [1.807, 2.05) is 38.1 Å². The van der Waals surface area contributed by atoms with Crippen molar-refractivity contribution in [3.8, 4) is 11.1 Å². The molecule has 3 heteroatoms. The molecule has 0 bridgehead atoms. The lowest BCUT2D eigenvalue weighted by atomic mass is 9.91. The van der Waals surface area contributed by atoms with Crippen LogP contribution in [-0.2, 0) is 0 Å². The van der Waals surface area contributed by atoms with Crippen molar-refractivity contribution in [1.82, 2.24) is 0 Å². The first kappa shape index (κ1) is 17.2. The lowest BCUT2D eigenvalue weighted by Crippen LogP contribution is -2.37. The van der Waals surface area contributed by atoms with Crippen molar-refractivity contribution in [1.29, 1.82) is 0 Å². The summed E-state index contributed by atoms with van der Waals surface area (Å²) < 4.78 is 0. The Hall–Kier alpha value is -2.68. The molecule has 0 spiro atoms. The maximum atomic E-state index is 12.2. The molecule has 1 N–H and O–H groups in total. The minimum Gasteiger partial charge on any atom is -0.381 e. The van der Waals surface area contributed by atoms with E-state index in [4.69, 9.17) is 0 Å². The van der Waals surface area contributed by atoms with Crippen molar-refractivity contribution in [2.45, 2.75) is 33.6 Å². The van der Waals surface area contributed by atoms with Crippen molar-refractivity contribution >= 4 is 5.69 Å². The smallest absolute Gasteiger partial charge is 0.250 e. The van der Waals surface area contributed by atoms with Crippen molar-refractivity contribution in [3.05, 3.63) is 85.2 Å². The first-order valence-corrected chi connectivity index (χ1v) is 8.60. The average Bonchev–Trinajstić information content (AvgIpc) is 2.62. The first-order valence-electron chi connectivity index (χ1n) is 8.60. The summed E-state index contributed by atoms with van der Waals surface area (Å²) in [4.78, 5) is 24.3. The third-order valence-electron chi connectivity index (χ3n) is 4.97. The molecule has 128 valence electrons. The van der Waals surface area contributed by atoms with Crippen LogP contribution >= 0.6 is 0 Å². The van der Waals surface area contributed by atoms with E-state index in [0.717, 1.165) is 16.7 Å². The van der Waals surface area contributed by atoms with Crippen molar-refractivity contribution < 1.29 is 0 Å². The number of benzene rings is 2. The van der Waals surface area contributed by atoms with Crippen LogP contribution in [0.25, 0.3) is 11.1 Å². The summed E-state index contributed by atoms with van der Waals surface area (Å²) in [5, 5.41) is 3.22. The van der Waals surface area contributed by atoms with Crippen molar-refractivity contribution in [2.24, 2.45) is 0 Å². The van der Waals surface area contributed by atoms with Gasteiger partial charge in [-0.05, 0) is 54.5 Å². The maximum Gasteiger partial charge on any atom is 0.250 e. The quantitative estimate of drug-likeness (QED) is 0.715. The van der Waals surface area contributed by atoms with E-state index in [1.165, 1.54) is 11.1 Å². The number of hydrogen-bond donors (Lipinski definition) is 1. The molecule has 0 saturated carbocycles. The molecule has 0 aliphatic heterocycles. The normalized spacial score (nSPS) is 12.3. The zero-order valence-electron chi connectivity index (χ0n) is 15.1. The summed E-state index contributed by atoms with van der Waals surface area (Å²) in [5.74, 6) is 0.249. The fraction of sp³-hybridized carbons (Fsp3) is 0.273. The van der Waals surface area contributed by atoms with Crippen LogP contribution in [-0.4, -0.2) is 6.54 Å². The zero-order chi connectivity index (χ0) is 18.1. The van der Waals surface area contributed by atoms with Gasteiger partial charge in [0.2, 0.25) is 10.9 Å². The molecule has 3 nitrogen and oxygen atoms in total. The minimum atomic E-state index is -0.409. The molecule has 0 aliphatic carbocycles. The highest BCUT2D eigenvalue weighted by atomic mass is 16.2. The molecule has 0 aliphatic rings. The molecule has 1 unspecified atom stereocenters. The molecule has 0 aromatic heterocycles. The van der Waals surface area contributed by atoms with E-state index in [-0.39, 0.29) is 11.3 Å². The zero-order valence-corrected chi connectivity index (χ0v) is 15.1. The molecule has 0 saturated heterocycles. The Balaban J connectivity index is 1.88. The van der Waals surface area contributed by atoms with Gasteiger partial charge in [-0.2, -0.15) is 0 Å². The second kappa shape index (κ2) is 6.67. The number of nitrogens with one attached hydrogen (secondary N) is 1. The van der Waals surface area contributed by atoms with E-state index in [1.54, 1.807) is 0 Å². The van der Waals surface area contributed by atoms with Crippen LogP contribution in [0.2, 0.25) is 0 Å². The molecule has 1 atom stereocenters. The molecule has 0 fully saturated rings. The third-order valence-corrected chi connectivity index (χ3v) is 4.97. The number of anilines is 1. The largest absolute Gasteiger partial charge is 0.381 e.